The normalized spacial score (nSPS) is 11.7. The zero-order chi connectivity index (χ0) is 43.0. The van der Waals surface area contributed by atoms with Crippen LogP contribution in [0.15, 0.2) is 0 Å². The highest BCUT2D eigenvalue weighted by Crippen LogP contribution is 2.16. The van der Waals surface area contributed by atoms with Gasteiger partial charge >= 0.3 is 12.2 Å². The number of carbonyl (C=O) groups is 3. The second-order valence-corrected chi connectivity index (χ2v) is 17.0. The predicted molar refractivity (Wildman–Crippen MR) is 246 cm³/mol. The summed E-state index contributed by atoms with van der Waals surface area (Å²) in [5.41, 5.74) is 0. The number of hydrogen-bond acceptors (Lipinski definition) is 7. The summed E-state index contributed by atoms with van der Waals surface area (Å²) in [6, 6.07) is -0.627. The molecule has 0 aliphatic rings. The van der Waals surface area contributed by atoms with E-state index in [9.17, 15) is 14.4 Å². The van der Waals surface area contributed by atoms with Crippen LogP contribution in [0, 0.1) is 0 Å². The zero-order valence-electron chi connectivity index (χ0n) is 39.1. The number of methoxy groups -OCH3 is 1. The van der Waals surface area contributed by atoms with Crippen LogP contribution in [0.3, 0.4) is 0 Å². The van der Waals surface area contributed by atoms with Gasteiger partial charge < -0.3 is 34.9 Å². The molecule has 0 saturated heterocycles. The van der Waals surface area contributed by atoms with E-state index in [0.717, 1.165) is 32.1 Å². The minimum absolute atomic E-state index is 0.0732. The summed E-state index contributed by atoms with van der Waals surface area (Å²) >= 11 is 0. The van der Waals surface area contributed by atoms with E-state index in [0.29, 0.717) is 45.8 Å². The molecule has 0 aromatic heterocycles. The van der Waals surface area contributed by atoms with Gasteiger partial charge in [0.05, 0.1) is 19.3 Å². The molecule has 0 spiro atoms. The molecule has 0 bridgehead atoms. The Morgan fingerprint density at radius 1 is 0.407 bits per heavy atom. The maximum Gasteiger partial charge on any atom is 0.407 e. The maximum absolute atomic E-state index is 12.8. The third-order valence-corrected chi connectivity index (χ3v) is 11.2. The molecule has 350 valence electrons. The van der Waals surface area contributed by atoms with E-state index in [1.54, 1.807) is 7.11 Å². The van der Waals surface area contributed by atoms with Crippen molar-refractivity contribution in [2.24, 2.45) is 0 Å². The number of unbranched alkanes of at least 4 members (excludes halogenated alkanes) is 31. The van der Waals surface area contributed by atoms with Gasteiger partial charge in [-0.2, -0.15) is 0 Å². The molecule has 0 heterocycles. The van der Waals surface area contributed by atoms with Gasteiger partial charge in [0.2, 0.25) is 5.91 Å². The first-order chi connectivity index (χ1) is 29.0. The van der Waals surface area contributed by atoms with Crippen LogP contribution in [-0.4, -0.2) is 77.4 Å². The minimum atomic E-state index is -0.627. The lowest BCUT2D eigenvalue weighted by atomic mass is 10.0. The molecule has 3 N–H and O–H groups in total. The summed E-state index contributed by atoms with van der Waals surface area (Å²) in [6.07, 6.45) is 42.8. The molecule has 0 aromatic carbocycles. The van der Waals surface area contributed by atoms with Crippen molar-refractivity contribution in [3.8, 4) is 0 Å². The highest BCUT2D eigenvalue weighted by Gasteiger charge is 2.17. The third-order valence-electron chi connectivity index (χ3n) is 11.2. The summed E-state index contributed by atoms with van der Waals surface area (Å²) < 4.78 is 21.2. The van der Waals surface area contributed by atoms with Crippen molar-refractivity contribution in [3.63, 3.8) is 0 Å². The summed E-state index contributed by atoms with van der Waals surface area (Å²) in [7, 11) is 1.62. The van der Waals surface area contributed by atoms with E-state index in [2.05, 4.69) is 29.8 Å². The predicted octanol–water partition coefficient (Wildman–Crippen LogP) is 13.3. The summed E-state index contributed by atoms with van der Waals surface area (Å²) in [4.78, 5) is 37.6. The first-order valence-corrected chi connectivity index (χ1v) is 25.2. The summed E-state index contributed by atoms with van der Waals surface area (Å²) in [6.45, 7) is 6.89. The Morgan fingerprint density at radius 2 is 0.746 bits per heavy atom. The topological polar surface area (TPSA) is 124 Å². The average molecular weight is 840 g/mol. The van der Waals surface area contributed by atoms with E-state index >= 15 is 0 Å². The van der Waals surface area contributed by atoms with Gasteiger partial charge in [0.15, 0.2) is 0 Å². The number of nitrogens with one attached hydrogen (secondary N) is 3. The molecule has 10 heteroatoms. The monoisotopic (exact) mass is 840 g/mol. The van der Waals surface area contributed by atoms with E-state index in [1.165, 1.54) is 180 Å². The standard InChI is InChI=1S/C49H97N3O7/c1-4-6-8-10-12-14-16-18-20-22-23-25-27-29-31-33-35-38-47(53)52-46(45-59-49(55)51-40-37-41-57-43-42-56-3)44-58-48(54)50-39-36-34-32-30-28-26-24-21-19-17-15-13-11-9-7-5-2/h46H,4-45H2,1-3H3,(H,50,54)(H,51,55)(H,52,53). The lowest BCUT2D eigenvalue weighted by Gasteiger charge is -2.19. The Hall–Kier alpha value is -2.07. The van der Waals surface area contributed by atoms with Crippen LogP contribution in [0.1, 0.15) is 239 Å². The fourth-order valence-electron chi connectivity index (χ4n) is 7.37. The molecule has 3 amide bonds. The summed E-state index contributed by atoms with van der Waals surface area (Å²) in [5, 5.41) is 8.46. The van der Waals surface area contributed by atoms with Crippen molar-refractivity contribution in [3.05, 3.63) is 0 Å². The van der Waals surface area contributed by atoms with Gasteiger partial charge in [-0.15, -0.1) is 0 Å². The Labute approximate surface area is 364 Å². The van der Waals surface area contributed by atoms with Crippen molar-refractivity contribution in [2.75, 3.05) is 53.2 Å². The highest BCUT2D eigenvalue weighted by molar-refractivity contribution is 5.76. The number of hydrogen-bond donors (Lipinski definition) is 3. The van der Waals surface area contributed by atoms with Gasteiger partial charge in [0.25, 0.3) is 0 Å². The van der Waals surface area contributed by atoms with Crippen molar-refractivity contribution in [2.45, 2.75) is 245 Å². The van der Waals surface area contributed by atoms with Gasteiger partial charge in [-0.25, -0.2) is 9.59 Å². The molecular formula is C49H97N3O7. The van der Waals surface area contributed by atoms with Crippen LogP contribution in [-0.2, 0) is 23.7 Å². The smallest absolute Gasteiger partial charge is 0.407 e. The van der Waals surface area contributed by atoms with Gasteiger partial charge in [-0.3, -0.25) is 4.79 Å². The largest absolute Gasteiger partial charge is 0.447 e. The lowest BCUT2D eigenvalue weighted by Crippen LogP contribution is -2.44. The van der Waals surface area contributed by atoms with Gasteiger partial charge in [0.1, 0.15) is 13.2 Å². The van der Waals surface area contributed by atoms with Crippen molar-refractivity contribution >= 4 is 18.1 Å². The van der Waals surface area contributed by atoms with Crippen molar-refractivity contribution < 1.29 is 33.3 Å². The van der Waals surface area contributed by atoms with Crippen LogP contribution < -0.4 is 16.0 Å². The van der Waals surface area contributed by atoms with Gasteiger partial charge in [-0.05, 0) is 19.3 Å². The molecule has 0 saturated carbocycles. The molecule has 1 atom stereocenters. The second kappa shape index (κ2) is 48.6. The minimum Gasteiger partial charge on any atom is -0.447 e. The number of ether oxygens (including phenoxy) is 4. The first-order valence-electron chi connectivity index (χ1n) is 25.2. The Balaban J connectivity index is 4.17. The number of rotatable bonds is 47. The maximum atomic E-state index is 12.8. The average Bonchev–Trinajstić information content (AvgIpc) is 3.23. The zero-order valence-corrected chi connectivity index (χ0v) is 39.1. The van der Waals surface area contributed by atoms with Crippen LogP contribution in [0.25, 0.3) is 0 Å². The Kier molecular flexibility index (Phi) is 46.9. The number of alkyl carbamates (subject to hydrolysis) is 2. The van der Waals surface area contributed by atoms with Crippen LogP contribution in [0.2, 0.25) is 0 Å². The van der Waals surface area contributed by atoms with Crippen molar-refractivity contribution in [1.82, 2.24) is 16.0 Å². The third kappa shape index (κ3) is 46.8. The molecule has 0 radical (unpaired) electrons. The van der Waals surface area contributed by atoms with E-state index < -0.39 is 18.2 Å². The van der Waals surface area contributed by atoms with Gasteiger partial charge in [-0.1, -0.05) is 213 Å². The van der Waals surface area contributed by atoms with Crippen LogP contribution in [0.4, 0.5) is 9.59 Å². The van der Waals surface area contributed by atoms with E-state index in [4.69, 9.17) is 18.9 Å². The van der Waals surface area contributed by atoms with E-state index in [1.807, 2.05) is 0 Å². The number of carbonyl (C=O) groups excluding carboxylic acids is 3. The molecule has 0 fully saturated rings. The molecule has 1 unspecified atom stereocenters. The van der Waals surface area contributed by atoms with E-state index in [-0.39, 0.29) is 19.1 Å². The summed E-state index contributed by atoms with van der Waals surface area (Å²) in [5.74, 6) is -0.120. The SMILES string of the molecule is CCCCCCCCCCCCCCCCCCCC(=O)NC(COC(=O)NCCCCCCCCCCCCCCCCCC)COC(=O)NCCCOCCOC. The fraction of sp³-hybridized carbons (Fsp3) is 0.939. The molecule has 0 aliphatic carbocycles. The van der Waals surface area contributed by atoms with Crippen molar-refractivity contribution in [1.29, 1.82) is 0 Å². The first kappa shape index (κ1) is 56.9. The number of amides is 3. The molecule has 59 heavy (non-hydrogen) atoms. The molecule has 0 rings (SSSR count). The van der Waals surface area contributed by atoms with Crippen LogP contribution in [0.5, 0.6) is 0 Å². The quantitative estimate of drug-likeness (QED) is 0.0521. The Morgan fingerprint density at radius 3 is 1.12 bits per heavy atom. The lowest BCUT2D eigenvalue weighted by molar-refractivity contribution is -0.122. The van der Waals surface area contributed by atoms with Crippen LogP contribution >= 0.6 is 0 Å². The second-order valence-electron chi connectivity index (χ2n) is 17.0. The Bertz CT molecular complexity index is 894. The molecule has 10 nitrogen and oxygen atoms in total. The highest BCUT2D eigenvalue weighted by atomic mass is 16.6. The molecular weight excluding hydrogens is 743 g/mol. The van der Waals surface area contributed by atoms with Gasteiger partial charge in [0, 0.05) is 33.2 Å². The molecule has 0 aromatic rings. The molecule has 0 aliphatic heterocycles. The fourth-order valence-corrected chi connectivity index (χ4v) is 7.37.